The van der Waals surface area contributed by atoms with E-state index < -0.39 is 65.8 Å². The molecule has 3 aromatic carbocycles. The molecule has 2 aliphatic carbocycles. The van der Waals surface area contributed by atoms with Crippen LogP contribution in [0.1, 0.15) is 79.5 Å². The summed E-state index contributed by atoms with van der Waals surface area (Å²) in [6, 6.07) is 17.1. The van der Waals surface area contributed by atoms with Crippen LogP contribution in [0.25, 0.3) is 11.1 Å². The molecule has 61 heavy (non-hydrogen) atoms. The maximum absolute atomic E-state index is 14.4. The molecule has 6 atom stereocenters. The summed E-state index contributed by atoms with van der Waals surface area (Å²) in [5.74, 6) is -0.994. The molecule has 2 N–H and O–H groups in total. The van der Waals surface area contributed by atoms with Crippen molar-refractivity contribution in [2.24, 2.45) is 0 Å². The van der Waals surface area contributed by atoms with Gasteiger partial charge in [-0.25, -0.2) is 9.59 Å². The van der Waals surface area contributed by atoms with Gasteiger partial charge in [-0.1, -0.05) is 54.6 Å². The second-order valence-electron chi connectivity index (χ2n) is 17.7. The Morgan fingerprint density at radius 1 is 1.00 bits per heavy atom. The summed E-state index contributed by atoms with van der Waals surface area (Å²) in [5.41, 5.74) is 8.22. The SMILES string of the molecule is COc1c(C)cc2c(c1C)[C@@H]1[C@@H]3CC4=C(C(=O)C(O)=C(C)C4=O)[C@H](COC(=O)[C@@H](CSCC4c5ccccc5-c5ccccc54)NC(=O)OC(C)(C)C)N3[C@@H](C#N)[C@@H](C2)N1C. The molecule has 318 valence electrons. The number of likely N-dealkylation sites (N-methyl/N-ethyl adjacent to an activating group) is 1. The molecule has 1 saturated heterocycles. The van der Waals surface area contributed by atoms with E-state index in [9.17, 15) is 29.5 Å². The van der Waals surface area contributed by atoms with Crippen LogP contribution in [0.3, 0.4) is 0 Å². The highest BCUT2D eigenvalue weighted by atomic mass is 32.2. The molecule has 0 radical (unpaired) electrons. The average molecular weight is 845 g/mol. The summed E-state index contributed by atoms with van der Waals surface area (Å²) >= 11 is 1.50. The van der Waals surface area contributed by atoms with Crippen LogP contribution in [0.2, 0.25) is 0 Å². The van der Waals surface area contributed by atoms with E-state index in [0.29, 0.717) is 12.2 Å². The van der Waals surface area contributed by atoms with Crippen LogP contribution in [0.5, 0.6) is 5.75 Å². The van der Waals surface area contributed by atoms with Crippen molar-refractivity contribution in [3.63, 3.8) is 0 Å². The lowest BCUT2D eigenvalue weighted by Gasteiger charge is -2.60. The maximum Gasteiger partial charge on any atom is 0.408 e. The number of thioether (sulfide) groups is 1. The summed E-state index contributed by atoms with van der Waals surface area (Å²) in [7, 11) is 3.63. The van der Waals surface area contributed by atoms with Gasteiger partial charge in [0.1, 0.15) is 30.0 Å². The number of aliphatic hydroxyl groups is 1. The first-order chi connectivity index (χ1) is 29.1. The van der Waals surface area contributed by atoms with Gasteiger partial charge in [0.15, 0.2) is 11.5 Å². The van der Waals surface area contributed by atoms with Crippen molar-refractivity contribution in [1.29, 1.82) is 5.26 Å². The Labute approximate surface area is 360 Å². The first-order valence-corrected chi connectivity index (χ1v) is 21.9. The molecule has 1 amide bonds. The quantitative estimate of drug-likeness (QED) is 0.171. The van der Waals surface area contributed by atoms with Crippen LogP contribution in [0.4, 0.5) is 4.79 Å². The van der Waals surface area contributed by atoms with Gasteiger partial charge in [0.05, 0.1) is 25.3 Å². The number of piperazine rings is 1. The van der Waals surface area contributed by atoms with Gasteiger partial charge in [0.2, 0.25) is 5.78 Å². The molecule has 1 fully saturated rings. The number of alkyl carbamates (subject to hydrolysis) is 1. The number of allylic oxidation sites excluding steroid dienone is 2. The van der Waals surface area contributed by atoms with Crippen LogP contribution in [0.15, 0.2) is 77.1 Å². The van der Waals surface area contributed by atoms with Crippen LogP contribution < -0.4 is 10.1 Å². The third kappa shape index (κ3) is 7.22. The number of ketones is 2. The lowest BCUT2D eigenvalue weighted by atomic mass is 9.69. The van der Waals surface area contributed by atoms with Crippen molar-refractivity contribution in [3.8, 4) is 22.9 Å². The Hall–Kier alpha value is -5.42. The van der Waals surface area contributed by atoms with E-state index in [1.54, 1.807) is 27.9 Å². The summed E-state index contributed by atoms with van der Waals surface area (Å²) in [6.07, 6.45) is -0.110. The number of nitrogens with zero attached hydrogens (tertiary/aromatic N) is 3. The molecule has 3 heterocycles. The fourth-order valence-electron chi connectivity index (χ4n) is 10.5. The number of esters is 1. The topological polar surface area (TPSA) is 158 Å². The molecule has 0 unspecified atom stereocenters. The highest BCUT2D eigenvalue weighted by Crippen LogP contribution is 2.52. The van der Waals surface area contributed by atoms with Crippen molar-refractivity contribution in [3.05, 3.63) is 110 Å². The number of hydrogen-bond donors (Lipinski definition) is 2. The normalized spacial score (nSPS) is 23.9. The summed E-state index contributed by atoms with van der Waals surface area (Å²) in [4.78, 5) is 59.9. The monoisotopic (exact) mass is 844 g/mol. The standard InChI is InChI=1S/C48H52N4O8S/c1-24-17-27-18-35-37(20-49)52-36(41(51(35)7)39(27)25(2)45(24)58-8)19-32-40(44(55)43(54)26(3)42(32)53)38(52)21-59-46(56)34(50-47(57)60-48(4,5)6)23-61-22-33-30-15-11-9-13-28(30)29-14-10-12-16-31(29)33/h9-17,33-38,41,54H,18-19,21-23H2,1-8H3,(H,50,57)/t34-,35-,36+,37+,38+,41+/m1/s1. The van der Waals surface area contributed by atoms with E-state index in [1.807, 2.05) is 50.1 Å². The Morgan fingerprint density at radius 3 is 2.28 bits per heavy atom. The van der Waals surface area contributed by atoms with Crippen molar-refractivity contribution in [2.45, 2.75) is 102 Å². The number of nitrogens with one attached hydrogen (secondary N) is 1. The van der Waals surface area contributed by atoms with E-state index in [4.69, 9.17) is 14.2 Å². The van der Waals surface area contributed by atoms with Crippen molar-refractivity contribution in [1.82, 2.24) is 15.1 Å². The smallest absolute Gasteiger partial charge is 0.408 e. The van der Waals surface area contributed by atoms with Crippen molar-refractivity contribution < 1.29 is 38.5 Å². The number of aryl methyl sites for hydroxylation is 1. The Bertz CT molecular complexity index is 2420. The number of aliphatic hydroxyl groups excluding tert-OH is 1. The number of rotatable bonds is 9. The van der Waals surface area contributed by atoms with Crippen LogP contribution in [-0.2, 0) is 30.3 Å². The molecular formula is C48H52N4O8S. The van der Waals surface area contributed by atoms with Gasteiger partial charge in [-0.2, -0.15) is 17.0 Å². The van der Waals surface area contributed by atoms with E-state index in [-0.39, 0.29) is 46.9 Å². The highest BCUT2D eigenvalue weighted by molar-refractivity contribution is 7.99. The maximum atomic E-state index is 14.4. The lowest BCUT2D eigenvalue weighted by molar-refractivity contribution is -0.150. The van der Waals surface area contributed by atoms with Gasteiger partial charge in [-0.05, 0) is 106 Å². The van der Waals surface area contributed by atoms with Gasteiger partial charge in [0, 0.05) is 46.2 Å². The first kappa shape index (κ1) is 42.3. The van der Waals surface area contributed by atoms with Gasteiger partial charge in [0.25, 0.3) is 0 Å². The molecule has 13 heteroatoms. The van der Waals surface area contributed by atoms with Crippen LogP contribution in [0, 0.1) is 25.2 Å². The predicted molar refractivity (Wildman–Crippen MR) is 231 cm³/mol. The molecule has 3 aliphatic heterocycles. The second-order valence-corrected chi connectivity index (χ2v) is 18.8. The Morgan fingerprint density at radius 2 is 1.66 bits per heavy atom. The molecule has 0 aromatic heterocycles. The molecule has 2 bridgehead atoms. The number of carbonyl (C=O) groups excluding carboxylic acids is 4. The Balaban J connectivity index is 1.12. The third-order valence-corrected chi connectivity index (χ3v) is 14.2. The fraction of sp³-hybridized carbons (Fsp3) is 0.438. The van der Waals surface area contributed by atoms with Crippen LogP contribution >= 0.6 is 11.8 Å². The van der Waals surface area contributed by atoms with Gasteiger partial charge >= 0.3 is 12.1 Å². The number of methoxy groups -OCH3 is 1. The van der Waals surface area contributed by atoms with E-state index >= 15 is 0 Å². The number of ether oxygens (including phenoxy) is 3. The van der Waals surface area contributed by atoms with Crippen molar-refractivity contribution >= 4 is 35.4 Å². The number of hydrogen-bond acceptors (Lipinski definition) is 12. The summed E-state index contributed by atoms with van der Waals surface area (Å²) in [6.45, 7) is 10.2. The number of fused-ring (bicyclic) bond motifs is 9. The number of nitriles is 1. The molecule has 8 rings (SSSR count). The van der Waals surface area contributed by atoms with Gasteiger partial charge in [-0.15, -0.1) is 0 Å². The minimum Gasteiger partial charge on any atom is -0.504 e. The minimum atomic E-state index is -1.15. The molecule has 3 aromatic rings. The lowest BCUT2D eigenvalue weighted by Crippen LogP contribution is -2.70. The first-order valence-electron chi connectivity index (χ1n) is 20.8. The predicted octanol–water partition coefficient (Wildman–Crippen LogP) is 6.82. The second kappa shape index (κ2) is 16.1. The fourth-order valence-corrected chi connectivity index (χ4v) is 11.7. The van der Waals surface area contributed by atoms with Gasteiger partial charge in [-0.3, -0.25) is 19.4 Å². The molecular weight excluding hydrogens is 793 g/mol. The van der Waals surface area contributed by atoms with E-state index in [1.165, 1.54) is 40.9 Å². The van der Waals surface area contributed by atoms with E-state index in [0.717, 1.165) is 28.0 Å². The molecule has 0 saturated carbocycles. The zero-order chi connectivity index (χ0) is 43.7. The Kier molecular flexibility index (Phi) is 11.2. The van der Waals surface area contributed by atoms with Crippen LogP contribution in [-0.4, -0.2) is 107 Å². The average Bonchev–Trinajstić information content (AvgIpc) is 3.53. The molecule has 0 spiro atoms. The zero-order valence-corrected chi connectivity index (χ0v) is 36.6. The zero-order valence-electron chi connectivity index (χ0n) is 35.8. The number of Topliss-reactive ketones (excluding diaryl/α,β-unsaturated/α-hetero) is 2. The van der Waals surface area contributed by atoms with Crippen molar-refractivity contribution in [2.75, 3.05) is 32.3 Å². The molecule has 12 nitrogen and oxygen atoms in total. The third-order valence-electron chi connectivity index (χ3n) is 13.0. The largest absolute Gasteiger partial charge is 0.504 e. The summed E-state index contributed by atoms with van der Waals surface area (Å²) in [5, 5.41) is 24.7. The van der Waals surface area contributed by atoms with E-state index in [2.05, 4.69) is 46.6 Å². The highest BCUT2D eigenvalue weighted by Gasteiger charge is 2.58. The summed E-state index contributed by atoms with van der Waals surface area (Å²) < 4.78 is 17.6. The number of carbonyl (C=O) groups is 4. The minimum absolute atomic E-state index is 0.0306. The number of amides is 1. The van der Waals surface area contributed by atoms with Gasteiger partial charge < -0.3 is 24.6 Å². The number of benzene rings is 3. The molecule has 5 aliphatic rings.